The molecule has 1 aromatic rings. The number of nitrogens with one attached hydrogen (secondary N) is 2. The molecular formula is C17H25ClN2OS. The second-order valence-electron chi connectivity index (χ2n) is 5.94. The number of amides is 1. The van der Waals surface area contributed by atoms with Gasteiger partial charge >= 0.3 is 0 Å². The van der Waals surface area contributed by atoms with Crippen LogP contribution in [0, 0.1) is 11.8 Å². The van der Waals surface area contributed by atoms with Gasteiger partial charge in [-0.2, -0.15) is 0 Å². The SMILES string of the molecule is CC(CC(=O)NCCSc1ccc(Cl)cc1)C1CCCNC1. The molecule has 1 aromatic carbocycles. The zero-order chi connectivity index (χ0) is 15.8. The molecule has 1 aliphatic heterocycles. The number of carbonyl (C=O) groups is 1. The Morgan fingerprint density at radius 2 is 2.23 bits per heavy atom. The third-order valence-corrected chi connectivity index (χ3v) is 5.42. The van der Waals surface area contributed by atoms with Gasteiger partial charge in [0, 0.05) is 28.6 Å². The van der Waals surface area contributed by atoms with Gasteiger partial charge in [-0.05, 0) is 62.0 Å². The second-order valence-corrected chi connectivity index (χ2v) is 7.54. The molecule has 0 aliphatic carbocycles. The van der Waals surface area contributed by atoms with E-state index < -0.39 is 0 Å². The van der Waals surface area contributed by atoms with Gasteiger partial charge in [0.1, 0.15) is 0 Å². The van der Waals surface area contributed by atoms with E-state index in [1.807, 2.05) is 24.3 Å². The van der Waals surface area contributed by atoms with E-state index >= 15 is 0 Å². The smallest absolute Gasteiger partial charge is 0.220 e. The predicted octanol–water partition coefficient (Wildman–Crippen LogP) is 3.57. The van der Waals surface area contributed by atoms with Crippen molar-refractivity contribution >= 4 is 29.3 Å². The standard InChI is InChI=1S/C17H25ClN2OS/c1-13(14-3-2-8-19-12-14)11-17(21)20-9-10-22-16-6-4-15(18)5-7-16/h4-7,13-14,19H,2-3,8-12H2,1H3,(H,20,21). The van der Waals surface area contributed by atoms with Gasteiger partial charge in [-0.1, -0.05) is 18.5 Å². The Labute approximate surface area is 142 Å². The number of thioether (sulfide) groups is 1. The molecule has 2 rings (SSSR count). The summed E-state index contributed by atoms with van der Waals surface area (Å²) >= 11 is 7.59. The molecule has 3 nitrogen and oxygen atoms in total. The summed E-state index contributed by atoms with van der Waals surface area (Å²) in [4.78, 5) is 13.2. The number of halogens is 1. The minimum absolute atomic E-state index is 0.176. The fourth-order valence-corrected chi connectivity index (χ4v) is 3.68. The third kappa shape index (κ3) is 6.19. The molecule has 1 aliphatic rings. The van der Waals surface area contributed by atoms with Gasteiger partial charge in [0.25, 0.3) is 0 Å². The third-order valence-electron chi connectivity index (χ3n) is 4.15. The van der Waals surface area contributed by atoms with E-state index in [2.05, 4.69) is 17.6 Å². The van der Waals surface area contributed by atoms with Crippen molar-refractivity contribution in [2.45, 2.75) is 31.1 Å². The molecule has 0 aromatic heterocycles. The minimum atomic E-state index is 0.176. The Kier molecular flexibility index (Phi) is 7.56. The summed E-state index contributed by atoms with van der Waals surface area (Å²) in [5.74, 6) is 2.15. The Bertz CT molecular complexity index is 460. The zero-order valence-corrected chi connectivity index (χ0v) is 14.7. The number of hydrogen-bond acceptors (Lipinski definition) is 3. The molecule has 1 heterocycles. The van der Waals surface area contributed by atoms with Crippen molar-refractivity contribution in [2.75, 3.05) is 25.4 Å². The summed E-state index contributed by atoms with van der Waals surface area (Å²) in [5.41, 5.74) is 0. The van der Waals surface area contributed by atoms with Crippen LogP contribution < -0.4 is 10.6 Å². The quantitative estimate of drug-likeness (QED) is 0.589. The number of rotatable bonds is 7. The van der Waals surface area contributed by atoms with E-state index in [-0.39, 0.29) is 5.91 Å². The second kappa shape index (κ2) is 9.43. The van der Waals surface area contributed by atoms with Gasteiger partial charge in [0.15, 0.2) is 0 Å². The topological polar surface area (TPSA) is 41.1 Å². The van der Waals surface area contributed by atoms with Gasteiger partial charge < -0.3 is 10.6 Å². The van der Waals surface area contributed by atoms with Crippen molar-refractivity contribution in [1.82, 2.24) is 10.6 Å². The Hall–Kier alpha value is -0.710. The highest BCUT2D eigenvalue weighted by Gasteiger charge is 2.21. The van der Waals surface area contributed by atoms with Crippen LogP contribution in [0.2, 0.25) is 5.02 Å². The number of hydrogen-bond donors (Lipinski definition) is 2. The molecule has 5 heteroatoms. The molecule has 2 unspecified atom stereocenters. The Balaban J connectivity index is 1.60. The van der Waals surface area contributed by atoms with Crippen molar-refractivity contribution in [3.05, 3.63) is 29.3 Å². The van der Waals surface area contributed by atoms with Crippen LogP contribution in [-0.2, 0) is 4.79 Å². The molecule has 1 amide bonds. The van der Waals surface area contributed by atoms with Gasteiger partial charge in [-0.3, -0.25) is 4.79 Å². The minimum Gasteiger partial charge on any atom is -0.355 e. The van der Waals surface area contributed by atoms with Crippen LogP contribution in [0.15, 0.2) is 29.2 Å². The maximum atomic E-state index is 12.0. The van der Waals surface area contributed by atoms with E-state index in [1.165, 1.54) is 17.7 Å². The Morgan fingerprint density at radius 3 is 2.91 bits per heavy atom. The molecule has 22 heavy (non-hydrogen) atoms. The van der Waals surface area contributed by atoms with E-state index in [1.54, 1.807) is 11.8 Å². The van der Waals surface area contributed by atoms with Gasteiger partial charge in [-0.15, -0.1) is 11.8 Å². The van der Waals surface area contributed by atoms with E-state index in [4.69, 9.17) is 11.6 Å². The first-order valence-corrected chi connectivity index (χ1v) is 9.37. The van der Waals surface area contributed by atoms with E-state index in [9.17, 15) is 4.79 Å². The first-order chi connectivity index (χ1) is 10.6. The molecule has 0 radical (unpaired) electrons. The average Bonchev–Trinajstić information content (AvgIpc) is 2.54. The summed E-state index contributed by atoms with van der Waals surface area (Å²) in [6.45, 7) is 5.08. The van der Waals surface area contributed by atoms with Crippen molar-refractivity contribution < 1.29 is 4.79 Å². The predicted molar refractivity (Wildman–Crippen MR) is 94.6 cm³/mol. The number of carbonyl (C=O) groups excluding carboxylic acids is 1. The van der Waals surface area contributed by atoms with Crippen LogP contribution in [0.25, 0.3) is 0 Å². The molecule has 2 N–H and O–H groups in total. The highest BCUT2D eigenvalue weighted by Crippen LogP contribution is 2.22. The lowest BCUT2D eigenvalue weighted by atomic mass is 9.85. The fourth-order valence-electron chi connectivity index (χ4n) is 2.79. The maximum Gasteiger partial charge on any atom is 0.220 e. The first-order valence-electron chi connectivity index (χ1n) is 8.01. The fraction of sp³-hybridized carbons (Fsp3) is 0.588. The summed E-state index contributed by atoms with van der Waals surface area (Å²) in [6, 6.07) is 7.80. The zero-order valence-electron chi connectivity index (χ0n) is 13.1. The van der Waals surface area contributed by atoms with Crippen LogP contribution in [0.5, 0.6) is 0 Å². The summed E-state index contributed by atoms with van der Waals surface area (Å²) < 4.78 is 0. The summed E-state index contributed by atoms with van der Waals surface area (Å²) in [7, 11) is 0. The van der Waals surface area contributed by atoms with Crippen molar-refractivity contribution in [2.24, 2.45) is 11.8 Å². The van der Waals surface area contributed by atoms with Crippen LogP contribution in [-0.4, -0.2) is 31.3 Å². The summed E-state index contributed by atoms with van der Waals surface area (Å²) in [6.07, 6.45) is 3.11. The molecule has 122 valence electrons. The Morgan fingerprint density at radius 1 is 1.45 bits per heavy atom. The molecule has 0 spiro atoms. The van der Waals surface area contributed by atoms with Gasteiger partial charge in [-0.25, -0.2) is 0 Å². The van der Waals surface area contributed by atoms with E-state index in [0.717, 1.165) is 23.9 Å². The van der Waals surface area contributed by atoms with Crippen LogP contribution in [0.3, 0.4) is 0 Å². The lowest BCUT2D eigenvalue weighted by Gasteiger charge is -2.28. The molecular weight excluding hydrogens is 316 g/mol. The normalized spacial score (nSPS) is 19.6. The maximum absolute atomic E-state index is 12.0. The molecule has 2 atom stereocenters. The van der Waals surface area contributed by atoms with Gasteiger partial charge in [0.2, 0.25) is 5.91 Å². The van der Waals surface area contributed by atoms with Crippen molar-refractivity contribution in [1.29, 1.82) is 0 Å². The van der Waals surface area contributed by atoms with E-state index in [0.29, 0.717) is 24.8 Å². The average molecular weight is 341 g/mol. The van der Waals surface area contributed by atoms with Crippen LogP contribution in [0.1, 0.15) is 26.2 Å². The first kappa shape index (κ1) is 17.6. The monoisotopic (exact) mass is 340 g/mol. The molecule has 0 bridgehead atoms. The lowest BCUT2D eigenvalue weighted by Crippen LogP contribution is -2.36. The largest absolute Gasteiger partial charge is 0.355 e. The van der Waals surface area contributed by atoms with Crippen LogP contribution >= 0.6 is 23.4 Å². The number of benzene rings is 1. The molecule has 1 saturated heterocycles. The summed E-state index contributed by atoms with van der Waals surface area (Å²) in [5, 5.41) is 7.20. The van der Waals surface area contributed by atoms with Crippen LogP contribution in [0.4, 0.5) is 0 Å². The molecule has 1 fully saturated rings. The van der Waals surface area contributed by atoms with Crippen molar-refractivity contribution in [3.63, 3.8) is 0 Å². The lowest BCUT2D eigenvalue weighted by molar-refractivity contribution is -0.122. The molecule has 0 saturated carbocycles. The number of piperidine rings is 1. The highest BCUT2D eigenvalue weighted by atomic mass is 35.5. The highest BCUT2D eigenvalue weighted by molar-refractivity contribution is 7.99. The van der Waals surface area contributed by atoms with Crippen molar-refractivity contribution in [3.8, 4) is 0 Å². The van der Waals surface area contributed by atoms with Gasteiger partial charge in [0.05, 0.1) is 0 Å².